The number of methoxy groups -OCH3 is 1. The molecule has 1 aliphatic heterocycles. The van der Waals surface area contributed by atoms with Crippen LogP contribution in [0.4, 0.5) is 16.0 Å². The number of hydrogen-bond acceptors (Lipinski definition) is 6. The quantitative estimate of drug-likeness (QED) is 0.632. The number of aryl methyl sites for hydroxylation is 1. The van der Waals surface area contributed by atoms with Crippen LogP contribution in [0.2, 0.25) is 5.02 Å². The van der Waals surface area contributed by atoms with Gasteiger partial charge in [0, 0.05) is 11.8 Å². The van der Waals surface area contributed by atoms with Crippen molar-refractivity contribution in [2.45, 2.75) is 19.9 Å². The number of anilines is 2. The highest BCUT2D eigenvalue weighted by molar-refractivity contribution is 6.30. The average Bonchev–Trinajstić information content (AvgIpc) is 3.19. The van der Waals surface area contributed by atoms with Crippen molar-refractivity contribution >= 4 is 23.2 Å². The summed E-state index contributed by atoms with van der Waals surface area (Å²) < 4.78 is 31.3. The lowest BCUT2D eigenvalue weighted by atomic mass is 10.1. The molecule has 1 aromatic heterocycles. The number of fused-ring (bicyclic) bond motifs is 1. The Morgan fingerprint density at radius 2 is 2.03 bits per heavy atom. The highest BCUT2D eigenvalue weighted by Crippen LogP contribution is 2.38. The van der Waals surface area contributed by atoms with Gasteiger partial charge in [-0.25, -0.2) is 4.39 Å². The molecular formula is C21H19ClFN3O4. The molecule has 0 saturated carbocycles. The molecule has 0 atom stereocenters. The van der Waals surface area contributed by atoms with Crippen molar-refractivity contribution in [2.24, 2.45) is 0 Å². The Hall–Kier alpha value is -3.26. The van der Waals surface area contributed by atoms with Crippen molar-refractivity contribution in [3.05, 3.63) is 68.8 Å². The van der Waals surface area contributed by atoms with Gasteiger partial charge >= 0.3 is 5.56 Å². The van der Waals surface area contributed by atoms with E-state index in [-0.39, 0.29) is 24.1 Å². The summed E-state index contributed by atoms with van der Waals surface area (Å²) in [7, 11) is 1.40. The molecule has 30 heavy (non-hydrogen) atoms. The number of rotatable bonds is 6. The number of halogens is 2. The zero-order chi connectivity index (χ0) is 21.3. The van der Waals surface area contributed by atoms with Crippen LogP contribution in [0.25, 0.3) is 0 Å². The molecule has 0 saturated heterocycles. The lowest BCUT2D eigenvalue weighted by molar-refractivity contribution is 0.174. The molecule has 0 spiro atoms. The number of ether oxygens (including phenoxy) is 3. The lowest BCUT2D eigenvalue weighted by Crippen LogP contribution is -2.19. The van der Waals surface area contributed by atoms with E-state index in [1.807, 2.05) is 19.1 Å². The maximum absolute atomic E-state index is 13.5. The summed E-state index contributed by atoms with van der Waals surface area (Å²) in [5, 5.41) is 3.23. The van der Waals surface area contributed by atoms with E-state index in [1.54, 1.807) is 16.8 Å². The lowest BCUT2D eigenvalue weighted by Gasteiger charge is -2.17. The van der Waals surface area contributed by atoms with Gasteiger partial charge in [-0.15, -0.1) is 0 Å². The molecule has 3 aromatic rings. The second-order valence-corrected chi connectivity index (χ2v) is 7.06. The molecule has 2 aromatic carbocycles. The fraction of sp³-hybridized carbons (Fsp3) is 0.238. The second kappa shape index (κ2) is 8.23. The van der Waals surface area contributed by atoms with Crippen LogP contribution in [-0.2, 0) is 13.0 Å². The number of nitrogens with one attached hydrogen (secondary N) is 1. The first-order valence-corrected chi connectivity index (χ1v) is 9.65. The molecule has 9 heteroatoms. The number of aromatic nitrogens is 2. The third kappa shape index (κ3) is 3.91. The van der Waals surface area contributed by atoms with Crippen LogP contribution in [0, 0.1) is 5.82 Å². The first-order chi connectivity index (χ1) is 14.5. The fourth-order valence-electron chi connectivity index (χ4n) is 3.18. The Kier molecular flexibility index (Phi) is 5.50. The summed E-state index contributed by atoms with van der Waals surface area (Å²) in [6.45, 7) is 2.47. The van der Waals surface area contributed by atoms with Gasteiger partial charge in [0.15, 0.2) is 11.5 Å². The van der Waals surface area contributed by atoms with E-state index < -0.39 is 11.4 Å². The van der Waals surface area contributed by atoms with Gasteiger partial charge in [0.25, 0.3) is 0 Å². The largest absolute Gasteiger partial charge is 0.490 e. The Morgan fingerprint density at radius 3 is 2.73 bits per heavy atom. The van der Waals surface area contributed by atoms with Crippen LogP contribution < -0.4 is 25.1 Å². The Balaban J connectivity index is 1.75. The van der Waals surface area contributed by atoms with Crippen LogP contribution in [-0.4, -0.2) is 23.5 Å². The summed E-state index contributed by atoms with van der Waals surface area (Å²) >= 11 is 5.91. The maximum atomic E-state index is 13.5. The number of benzene rings is 2. The molecule has 0 amide bonds. The van der Waals surface area contributed by atoms with Crippen molar-refractivity contribution < 1.29 is 18.6 Å². The molecule has 1 aliphatic rings. The van der Waals surface area contributed by atoms with Gasteiger partial charge in [-0.1, -0.05) is 24.6 Å². The summed E-state index contributed by atoms with van der Waals surface area (Å²) in [6, 6.07) is 8.16. The minimum absolute atomic E-state index is 0.0204. The third-order valence-corrected chi connectivity index (χ3v) is 5.04. The van der Waals surface area contributed by atoms with E-state index in [4.69, 9.17) is 25.8 Å². The number of hydrogen-bond donors (Lipinski definition) is 1. The highest BCUT2D eigenvalue weighted by atomic mass is 35.5. The molecule has 0 aliphatic carbocycles. The van der Waals surface area contributed by atoms with E-state index in [2.05, 4.69) is 10.3 Å². The minimum Gasteiger partial charge on any atom is -0.490 e. The van der Waals surface area contributed by atoms with E-state index in [9.17, 15) is 9.18 Å². The van der Waals surface area contributed by atoms with E-state index in [0.29, 0.717) is 17.4 Å². The zero-order valence-electron chi connectivity index (χ0n) is 16.4. The molecular weight excluding hydrogens is 413 g/mol. The highest BCUT2D eigenvalue weighted by Gasteiger charge is 2.18. The molecule has 4 rings (SSSR count). The molecule has 156 valence electrons. The van der Waals surface area contributed by atoms with Crippen molar-refractivity contribution in [3.8, 4) is 17.2 Å². The SMILES string of the molecule is CCc1cc2c(cc1Nc1nc(=O)c(OC)cn1Cc1ccc(F)c(Cl)c1)OCO2. The predicted molar refractivity (Wildman–Crippen MR) is 111 cm³/mol. The van der Waals surface area contributed by atoms with Crippen LogP contribution >= 0.6 is 11.6 Å². The first kappa shape index (κ1) is 20.0. The molecule has 1 N–H and O–H groups in total. The minimum atomic E-state index is -0.507. The summed E-state index contributed by atoms with van der Waals surface area (Å²) in [5.41, 5.74) is 1.94. The monoisotopic (exact) mass is 431 g/mol. The number of nitrogens with zero attached hydrogens (tertiary/aromatic N) is 2. The van der Waals surface area contributed by atoms with Gasteiger partial charge in [0.2, 0.25) is 18.5 Å². The molecule has 0 bridgehead atoms. The van der Waals surface area contributed by atoms with Gasteiger partial charge in [-0.3, -0.25) is 4.79 Å². The van der Waals surface area contributed by atoms with E-state index >= 15 is 0 Å². The Labute approximate surface area is 177 Å². The van der Waals surface area contributed by atoms with Crippen molar-refractivity contribution in [2.75, 3.05) is 19.2 Å². The van der Waals surface area contributed by atoms with Crippen molar-refractivity contribution in [3.63, 3.8) is 0 Å². The van der Waals surface area contributed by atoms with Gasteiger partial charge in [0.1, 0.15) is 5.82 Å². The molecule has 7 nitrogen and oxygen atoms in total. The Morgan fingerprint density at radius 1 is 1.27 bits per heavy atom. The van der Waals surface area contributed by atoms with Crippen LogP contribution in [0.1, 0.15) is 18.1 Å². The van der Waals surface area contributed by atoms with Gasteiger partial charge < -0.3 is 24.1 Å². The second-order valence-electron chi connectivity index (χ2n) is 6.66. The van der Waals surface area contributed by atoms with Crippen molar-refractivity contribution in [1.82, 2.24) is 9.55 Å². The van der Waals surface area contributed by atoms with Crippen LogP contribution in [0.15, 0.2) is 41.3 Å². The molecule has 2 heterocycles. The van der Waals surface area contributed by atoms with Crippen LogP contribution in [0.3, 0.4) is 0 Å². The summed E-state index contributed by atoms with van der Waals surface area (Å²) in [6.07, 6.45) is 2.28. The van der Waals surface area contributed by atoms with E-state index in [1.165, 1.54) is 19.2 Å². The van der Waals surface area contributed by atoms with E-state index in [0.717, 1.165) is 23.2 Å². The normalized spacial score (nSPS) is 12.1. The van der Waals surface area contributed by atoms with Gasteiger partial charge in [-0.2, -0.15) is 4.98 Å². The summed E-state index contributed by atoms with van der Waals surface area (Å²) in [4.78, 5) is 16.4. The van der Waals surface area contributed by atoms with Gasteiger partial charge in [-0.05, 0) is 35.7 Å². The maximum Gasteiger partial charge on any atom is 0.316 e. The molecule has 0 fully saturated rings. The smallest absolute Gasteiger partial charge is 0.316 e. The molecule has 0 unspecified atom stereocenters. The summed E-state index contributed by atoms with van der Waals surface area (Å²) in [5.74, 6) is 1.19. The topological polar surface area (TPSA) is 74.6 Å². The third-order valence-electron chi connectivity index (χ3n) is 4.75. The first-order valence-electron chi connectivity index (χ1n) is 9.27. The van der Waals surface area contributed by atoms with Crippen molar-refractivity contribution in [1.29, 1.82) is 0 Å². The standard InChI is InChI=1S/C21H19ClFN3O4/c1-3-13-7-17-18(30-11-29-17)8-16(13)24-21-25-20(27)19(28-2)10-26(21)9-12-4-5-15(23)14(22)6-12/h4-8,10H,3,9,11H2,1-2H3,(H,24,25,27). The van der Waals surface area contributed by atoms with Gasteiger partial charge in [0.05, 0.1) is 24.9 Å². The predicted octanol–water partition coefficient (Wildman–Crippen LogP) is 4.13. The zero-order valence-corrected chi connectivity index (χ0v) is 17.1. The van der Waals surface area contributed by atoms with Crippen LogP contribution in [0.5, 0.6) is 17.2 Å². The average molecular weight is 432 g/mol. The molecule has 0 radical (unpaired) electrons. The Bertz CT molecular complexity index is 1170. The fourth-order valence-corrected chi connectivity index (χ4v) is 3.38.